The van der Waals surface area contributed by atoms with Crippen molar-refractivity contribution in [3.8, 4) is 17.2 Å². The Morgan fingerprint density at radius 3 is 2.44 bits per heavy atom. The molecule has 0 spiro atoms. The summed E-state index contributed by atoms with van der Waals surface area (Å²) in [6, 6.07) is 14.3. The van der Waals surface area contributed by atoms with Gasteiger partial charge in [0.05, 0.1) is 12.7 Å². The highest BCUT2D eigenvalue weighted by molar-refractivity contribution is 6.69. The molecular formula is C17H11N5O3. The Bertz CT molecular complexity index is 974. The lowest BCUT2D eigenvalue weighted by molar-refractivity contribution is -0.111. The minimum Gasteiger partial charge on any atom is -0.497 e. The summed E-state index contributed by atoms with van der Waals surface area (Å²) in [5.74, 6) is 1.71. The van der Waals surface area contributed by atoms with E-state index in [2.05, 4.69) is 25.4 Å². The maximum atomic E-state index is 12.0. The predicted molar refractivity (Wildman–Crippen MR) is 90.8 cm³/mol. The molecule has 25 heavy (non-hydrogen) atoms. The Hall–Kier alpha value is -3.68. The number of benzene rings is 2. The maximum absolute atomic E-state index is 12.0. The smallest absolute Gasteiger partial charge is 0.303 e. The number of methoxy groups -OCH3 is 1. The Labute approximate surface area is 142 Å². The minimum absolute atomic E-state index is 0.0531. The quantitative estimate of drug-likeness (QED) is 0.860. The molecule has 0 saturated carbocycles. The van der Waals surface area contributed by atoms with Gasteiger partial charge in [0.15, 0.2) is 5.84 Å². The van der Waals surface area contributed by atoms with E-state index < -0.39 is 5.91 Å². The van der Waals surface area contributed by atoms with Gasteiger partial charge in [-0.2, -0.15) is 4.99 Å². The molecule has 8 nitrogen and oxygen atoms in total. The maximum Gasteiger partial charge on any atom is 0.303 e. The zero-order valence-corrected chi connectivity index (χ0v) is 13.1. The summed E-state index contributed by atoms with van der Waals surface area (Å²) in [5.41, 5.74) is 0.623. The van der Waals surface area contributed by atoms with Crippen LogP contribution in [0, 0.1) is 0 Å². The molecule has 0 aromatic heterocycles. The minimum atomic E-state index is -0.524. The summed E-state index contributed by atoms with van der Waals surface area (Å²) in [6.07, 6.45) is 0. The van der Waals surface area contributed by atoms with Crippen LogP contribution in [-0.2, 0) is 4.79 Å². The van der Waals surface area contributed by atoms with Crippen molar-refractivity contribution in [3.63, 3.8) is 0 Å². The average molecular weight is 333 g/mol. The molecule has 0 fully saturated rings. The second kappa shape index (κ2) is 6.08. The number of carbonyl (C=O) groups is 1. The number of carbonyl (C=O) groups excluding carboxylic acids is 1. The third-order valence-corrected chi connectivity index (χ3v) is 3.53. The van der Waals surface area contributed by atoms with Gasteiger partial charge in [0.25, 0.3) is 0 Å². The number of fused-ring (bicyclic) bond motifs is 1. The summed E-state index contributed by atoms with van der Waals surface area (Å²) >= 11 is 0. The molecule has 0 saturated heterocycles. The van der Waals surface area contributed by atoms with Gasteiger partial charge in [-0.25, -0.2) is 4.99 Å². The molecule has 4 rings (SSSR count). The molecule has 2 heterocycles. The topological polar surface area (TPSA) is 97.3 Å². The van der Waals surface area contributed by atoms with Crippen molar-refractivity contribution in [2.45, 2.75) is 0 Å². The zero-order valence-electron chi connectivity index (χ0n) is 13.1. The van der Waals surface area contributed by atoms with Crippen LogP contribution in [0.2, 0.25) is 0 Å². The van der Waals surface area contributed by atoms with E-state index in [-0.39, 0.29) is 17.4 Å². The lowest BCUT2D eigenvalue weighted by Crippen LogP contribution is -2.26. The normalized spacial score (nSPS) is 15.2. The van der Waals surface area contributed by atoms with Gasteiger partial charge in [-0.15, -0.1) is 10.2 Å². The van der Waals surface area contributed by atoms with E-state index in [1.807, 2.05) is 12.1 Å². The number of ether oxygens (including phenoxy) is 2. The molecular weight excluding hydrogens is 322 g/mol. The van der Waals surface area contributed by atoms with Gasteiger partial charge in [0.2, 0.25) is 11.5 Å². The van der Waals surface area contributed by atoms with Crippen LogP contribution in [0.4, 0.5) is 0 Å². The molecule has 0 aliphatic carbocycles. The van der Waals surface area contributed by atoms with E-state index in [4.69, 9.17) is 9.47 Å². The molecule has 2 aliphatic rings. The number of hydrogen-bond acceptors (Lipinski definition) is 7. The molecule has 8 heteroatoms. The highest BCUT2D eigenvalue weighted by atomic mass is 16.5. The molecule has 0 unspecified atom stereocenters. The first-order valence-corrected chi connectivity index (χ1v) is 7.37. The van der Waals surface area contributed by atoms with Crippen molar-refractivity contribution in [1.29, 1.82) is 0 Å². The van der Waals surface area contributed by atoms with Crippen LogP contribution in [-0.4, -0.2) is 30.4 Å². The molecule has 0 radical (unpaired) electrons. The van der Waals surface area contributed by atoms with Crippen molar-refractivity contribution in [2.75, 3.05) is 7.11 Å². The lowest BCUT2D eigenvalue weighted by atomic mass is 10.1. The SMILES string of the molecule is COc1ccc(Oc2ccccc2C2=NC(=O)C3=NN=NC3=N2)cc1. The number of amides is 1. The Morgan fingerprint density at radius 2 is 1.64 bits per heavy atom. The van der Waals surface area contributed by atoms with E-state index in [1.165, 1.54) is 0 Å². The fourth-order valence-electron chi connectivity index (χ4n) is 2.32. The van der Waals surface area contributed by atoms with Crippen LogP contribution < -0.4 is 9.47 Å². The second-order valence-corrected chi connectivity index (χ2v) is 5.09. The first kappa shape index (κ1) is 14.9. The molecule has 0 N–H and O–H groups in total. The molecule has 2 aromatic carbocycles. The first-order valence-electron chi connectivity index (χ1n) is 7.37. The summed E-state index contributed by atoms with van der Waals surface area (Å²) < 4.78 is 11.0. The van der Waals surface area contributed by atoms with Crippen LogP contribution in [0.25, 0.3) is 0 Å². The standard InChI is InChI=1S/C17H11N5O3/c1-24-10-6-8-11(9-7-10)25-13-5-3-2-4-12(13)15-18-16-14(17(23)19-15)20-22-21-16/h2-9H,1H3. The van der Waals surface area contributed by atoms with Gasteiger partial charge in [-0.3, -0.25) is 4.79 Å². The van der Waals surface area contributed by atoms with E-state index >= 15 is 0 Å². The third-order valence-electron chi connectivity index (χ3n) is 3.53. The van der Waals surface area contributed by atoms with E-state index in [9.17, 15) is 4.79 Å². The Balaban J connectivity index is 1.69. The van der Waals surface area contributed by atoms with Crippen LogP contribution in [0.3, 0.4) is 0 Å². The van der Waals surface area contributed by atoms with Gasteiger partial charge in [-0.1, -0.05) is 12.1 Å². The van der Waals surface area contributed by atoms with Crippen LogP contribution >= 0.6 is 0 Å². The molecule has 2 aliphatic heterocycles. The number of hydrogen-bond donors (Lipinski definition) is 0. The average Bonchev–Trinajstić information content (AvgIpc) is 3.12. The van der Waals surface area contributed by atoms with Crippen LogP contribution in [0.5, 0.6) is 17.2 Å². The Kier molecular flexibility index (Phi) is 3.62. The van der Waals surface area contributed by atoms with Crippen molar-refractivity contribution in [1.82, 2.24) is 0 Å². The third kappa shape index (κ3) is 2.80. The van der Waals surface area contributed by atoms with Crippen molar-refractivity contribution in [2.24, 2.45) is 25.4 Å². The fourth-order valence-corrected chi connectivity index (χ4v) is 2.32. The molecule has 2 aromatic rings. The monoisotopic (exact) mass is 333 g/mol. The van der Waals surface area contributed by atoms with E-state index in [0.29, 0.717) is 17.1 Å². The highest BCUT2D eigenvalue weighted by Gasteiger charge is 2.28. The highest BCUT2D eigenvalue weighted by Crippen LogP contribution is 2.28. The van der Waals surface area contributed by atoms with Crippen molar-refractivity contribution in [3.05, 3.63) is 54.1 Å². The number of rotatable bonds is 4. The lowest BCUT2D eigenvalue weighted by Gasteiger charge is -2.12. The Morgan fingerprint density at radius 1 is 0.880 bits per heavy atom. The molecule has 122 valence electrons. The molecule has 0 atom stereocenters. The van der Waals surface area contributed by atoms with Crippen molar-refractivity contribution >= 4 is 23.3 Å². The largest absolute Gasteiger partial charge is 0.497 e. The second-order valence-electron chi connectivity index (χ2n) is 5.09. The van der Waals surface area contributed by atoms with Gasteiger partial charge < -0.3 is 9.47 Å². The zero-order chi connectivity index (χ0) is 17.2. The number of nitrogens with zero attached hydrogens (tertiary/aromatic N) is 5. The number of amidine groups is 2. The summed E-state index contributed by atoms with van der Waals surface area (Å²) in [5, 5.41) is 10.8. The number of para-hydroxylation sites is 1. The predicted octanol–water partition coefficient (Wildman–Crippen LogP) is 2.99. The molecule has 1 amide bonds. The summed E-state index contributed by atoms with van der Waals surface area (Å²) in [4.78, 5) is 20.2. The van der Waals surface area contributed by atoms with Gasteiger partial charge in [0.1, 0.15) is 17.2 Å². The summed E-state index contributed by atoms with van der Waals surface area (Å²) in [7, 11) is 1.60. The van der Waals surface area contributed by atoms with E-state index in [1.54, 1.807) is 43.5 Å². The summed E-state index contributed by atoms with van der Waals surface area (Å²) in [6.45, 7) is 0. The van der Waals surface area contributed by atoms with Gasteiger partial charge in [-0.05, 0) is 41.6 Å². The van der Waals surface area contributed by atoms with Gasteiger partial charge in [0, 0.05) is 0 Å². The molecule has 0 bridgehead atoms. The number of aliphatic imine (C=N–C) groups is 2. The first-order chi connectivity index (χ1) is 12.2. The van der Waals surface area contributed by atoms with Crippen LogP contribution in [0.15, 0.2) is 74.0 Å². The van der Waals surface area contributed by atoms with Gasteiger partial charge >= 0.3 is 5.91 Å². The van der Waals surface area contributed by atoms with Crippen LogP contribution in [0.1, 0.15) is 5.56 Å². The van der Waals surface area contributed by atoms with E-state index in [0.717, 1.165) is 5.75 Å². The fraction of sp³-hybridized carbons (Fsp3) is 0.0588. The van der Waals surface area contributed by atoms with Crippen molar-refractivity contribution < 1.29 is 14.3 Å².